The van der Waals surface area contributed by atoms with Gasteiger partial charge in [-0.15, -0.1) is 0 Å². The van der Waals surface area contributed by atoms with Crippen LogP contribution in [0.15, 0.2) is 0 Å². The average Bonchev–Trinajstić information content (AvgIpc) is 2.29. The van der Waals surface area contributed by atoms with E-state index < -0.39 is 24.0 Å². The molecule has 0 aromatic heterocycles. The van der Waals surface area contributed by atoms with Crippen molar-refractivity contribution in [1.29, 1.82) is 0 Å². The molecule has 1 amide bonds. The first-order valence-corrected chi connectivity index (χ1v) is 4.98. The van der Waals surface area contributed by atoms with Crippen LogP contribution < -0.4 is 5.32 Å². The summed E-state index contributed by atoms with van der Waals surface area (Å²) in [5.74, 6) is -1.71. The predicted molar refractivity (Wildman–Crippen MR) is 51.8 cm³/mol. The van der Waals surface area contributed by atoms with Gasteiger partial charge in [-0.25, -0.2) is 4.79 Å². The molecule has 0 aromatic rings. The monoisotopic (exact) mass is 233 g/mol. The zero-order valence-electron chi connectivity index (χ0n) is 8.72. The SMILES string of the molecule is O=C(N[C@H](CCO)C(=O)O)C1COCCO1. The Bertz CT molecular complexity index is 250. The normalized spacial score (nSPS) is 22.4. The van der Waals surface area contributed by atoms with E-state index in [-0.39, 0.29) is 19.6 Å². The summed E-state index contributed by atoms with van der Waals surface area (Å²) >= 11 is 0. The van der Waals surface area contributed by atoms with Crippen molar-refractivity contribution in [1.82, 2.24) is 5.32 Å². The van der Waals surface area contributed by atoms with E-state index in [1.807, 2.05) is 0 Å². The van der Waals surface area contributed by atoms with E-state index >= 15 is 0 Å². The third kappa shape index (κ3) is 3.76. The third-order valence-corrected chi connectivity index (χ3v) is 2.14. The molecule has 0 radical (unpaired) electrons. The maximum atomic E-state index is 11.5. The van der Waals surface area contributed by atoms with Gasteiger partial charge >= 0.3 is 5.97 Å². The first-order chi connectivity index (χ1) is 7.65. The number of aliphatic carboxylic acids is 1. The van der Waals surface area contributed by atoms with E-state index in [1.54, 1.807) is 0 Å². The molecule has 92 valence electrons. The molecule has 1 fully saturated rings. The predicted octanol–water partition coefficient (Wildman–Crippen LogP) is -1.65. The molecule has 1 rings (SSSR count). The molecule has 1 unspecified atom stereocenters. The van der Waals surface area contributed by atoms with E-state index in [0.29, 0.717) is 13.2 Å². The molecule has 7 nitrogen and oxygen atoms in total. The molecule has 16 heavy (non-hydrogen) atoms. The van der Waals surface area contributed by atoms with Crippen LogP contribution in [-0.4, -0.2) is 60.7 Å². The summed E-state index contributed by atoms with van der Waals surface area (Å²) in [7, 11) is 0. The summed E-state index contributed by atoms with van der Waals surface area (Å²) in [6.45, 7) is 0.565. The molecule has 1 saturated heterocycles. The van der Waals surface area contributed by atoms with Crippen LogP contribution in [0.1, 0.15) is 6.42 Å². The summed E-state index contributed by atoms with van der Waals surface area (Å²) < 4.78 is 10.1. The quantitative estimate of drug-likeness (QED) is 0.525. The first kappa shape index (κ1) is 12.9. The molecule has 3 N–H and O–H groups in total. The number of ether oxygens (including phenoxy) is 2. The highest BCUT2D eigenvalue weighted by Gasteiger charge is 2.27. The summed E-state index contributed by atoms with van der Waals surface area (Å²) in [6.07, 6.45) is -0.802. The highest BCUT2D eigenvalue weighted by atomic mass is 16.6. The molecule has 1 aliphatic heterocycles. The number of hydrogen-bond acceptors (Lipinski definition) is 5. The zero-order valence-corrected chi connectivity index (χ0v) is 8.72. The topological polar surface area (TPSA) is 105 Å². The van der Waals surface area contributed by atoms with Gasteiger partial charge in [-0.3, -0.25) is 4.79 Å². The summed E-state index contributed by atoms with van der Waals surface area (Å²) in [4.78, 5) is 22.2. The van der Waals surface area contributed by atoms with Crippen molar-refractivity contribution in [2.24, 2.45) is 0 Å². The Hall–Kier alpha value is -1.18. The van der Waals surface area contributed by atoms with Gasteiger partial charge < -0.3 is 25.0 Å². The Kier molecular flexibility index (Phi) is 5.17. The van der Waals surface area contributed by atoms with Gasteiger partial charge in [-0.2, -0.15) is 0 Å². The van der Waals surface area contributed by atoms with Gasteiger partial charge in [0, 0.05) is 13.0 Å². The van der Waals surface area contributed by atoms with Crippen LogP contribution >= 0.6 is 0 Å². The minimum absolute atomic E-state index is 0.0331. The Morgan fingerprint density at radius 1 is 1.44 bits per heavy atom. The lowest BCUT2D eigenvalue weighted by Crippen LogP contribution is -2.49. The van der Waals surface area contributed by atoms with Gasteiger partial charge in [0.05, 0.1) is 19.8 Å². The van der Waals surface area contributed by atoms with Gasteiger partial charge in [0.1, 0.15) is 6.04 Å². The second kappa shape index (κ2) is 6.41. The van der Waals surface area contributed by atoms with E-state index in [0.717, 1.165) is 0 Å². The van der Waals surface area contributed by atoms with Crippen molar-refractivity contribution in [2.75, 3.05) is 26.4 Å². The molecular weight excluding hydrogens is 218 g/mol. The standard InChI is InChI=1S/C9H15NO6/c11-2-1-6(9(13)14)10-8(12)7-5-15-3-4-16-7/h6-7,11H,1-5H2,(H,10,12)(H,13,14)/t6-,7?/m1/s1. The fraction of sp³-hybridized carbons (Fsp3) is 0.778. The molecule has 0 spiro atoms. The van der Waals surface area contributed by atoms with Crippen molar-refractivity contribution in [3.8, 4) is 0 Å². The largest absolute Gasteiger partial charge is 0.480 e. The molecule has 0 bridgehead atoms. The molecule has 0 aliphatic carbocycles. The Morgan fingerprint density at radius 3 is 2.69 bits per heavy atom. The highest BCUT2D eigenvalue weighted by molar-refractivity contribution is 5.86. The molecule has 2 atom stereocenters. The van der Waals surface area contributed by atoms with Crippen LogP contribution in [0, 0.1) is 0 Å². The Labute approximate surface area is 92.3 Å². The number of aliphatic hydroxyl groups is 1. The highest BCUT2D eigenvalue weighted by Crippen LogP contribution is 2.02. The number of carbonyl (C=O) groups excluding carboxylic acids is 1. The molecule has 0 saturated carbocycles. The van der Waals surface area contributed by atoms with Crippen LogP contribution in [0.5, 0.6) is 0 Å². The number of carboxylic acids is 1. The van der Waals surface area contributed by atoms with Crippen molar-refractivity contribution < 1.29 is 29.3 Å². The van der Waals surface area contributed by atoms with E-state index in [2.05, 4.69) is 5.32 Å². The van der Waals surface area contributed by atoms with Crippen LogP contribution in [0.3, 0.4) is 0 Å². The van der Waals surface area contributed by atoms with Crippen molar-refractivity contribution in [2.45, 2.75) is 18.6 Å². The average molecular weight is 233 g/mol. The smallest absolute Gasteiger partial charge is 0.326 e. The minimum Gasteiger partial charge on any atom is -0.480 e. The number of hydrogen-bond donors (Lipinski definition) is 3. The molecule has 7 heteroatoms. The van der Waals surface area contributed by atoms with Gasteiger partial charge in [0.15, 0.2) is 6.10 Å². The van der Waals surface area contributed by atoms with Crippen LogP contribution in [0.2, 0.25) is 0 Å². The molecular formula is C9H15NO6. The Morgan fingerprint density at radius 2 is 2.19 bits per heavy atom. The molecule has 1 heterocycles. The fourth-order valence-electron chi connectivity index (χ4n) is 1.29. The third-order valence-electron chi connectivity index (χ3n) is 2.14. The summed E-state index contributed by atoms with van der Waals surface area (Å²) in [5, 5.41) is 19.7. The lowest BCUT2D eigenvalue weighted by molar-refractivity contribution is -0.152. The van der Waals surface area contributed by atoms with Gasteiger partial charge in [0.25, 0.3) is 5.91 Å². The summed E-state index contributed by atoms with van der Waals surface area (Å²) in [5.41, 5.74) is 0. The van der Waals surface area contributed by atoms with Crippen molar-refractivity contribution in [3.63, 3.8) is 0 Å². The van der Waals surface area contributed by atoms with Crippen LogP contribution in [-0.2, 0) is 19.1 Å². The lowest BCUT2D eigenvalue weighted by Gasteiger charge is -2.23. The van der Waals surface area contributed by atoms with Gasteiger partial charge in [0.2, 0.25) is 0 Å². The van der Waals surface area contributed by atoms with Crippen LogP contribution in [0.25, 0.3) is 0 Å². The number of aliphatic hydroxyl groups excluding tert-OH is 1. The minimum atomic E-state index is -1.18. The number of amides is 1. The Balaban J connectivity index is 2.43. The van der Waals surface area contributed by atoms with Gasteiger partial charge in [-0.1, -0.05) is 0 Å². The van der Waals surface area contributed by atoms with Gasteiger partial charge in [-0.05, 0) is 0 Å². The number of carbonyl (C=O) groups is 2. The maximum absolute atomic E-state index is 11.5. The number of nitrogens with one attached hydrogen (secondary N) is 1. The zero-order chi connectivity index (χ0) is 12.0. The fourth-order valence-corrected chi connectivity index (χ4v) is 1.29. The van der Waals surface area contributed by atoms with E-state index in [9.17, 15) is 9.59 Å². The lowest BCUT2D eigenvalue weighted by atomic mass is 10.2. The van der Waals surface area contributed by atoms with Crippen LogP contribution in [0.4, 0.5) is 0 Å². The van der Waals surface area contributed by atoms with E-state index in [4.69, 9.17) is 19.7 Å². The summed E-state index contributed by atoms with van der Waals surface area (Å²) in [6, 6.07) is -1.09. The first-order valence-electron chi connectivity index (χ1n) is 4.98. The van der Waals surface area contributed by atoms with E-state index in [1.165, 1.54) is 0 Å². The number of carboxylic acid groups (broad SMARTS) is 1. The second-order valence-electron chi connectivity index (χ2n) is 3.35. The second-order valence-corrected chi connectivity index (χ2v) is 3.35. The molecule has 0 aromatic carbocycles. The van der Waals surface area contributed by atoms with Crippen molar-refractivity contribution >= 4 is 11.9 Å². The molecule has 1 aliphatic rings. The maximum Gasteiger partial charge on any atom is 0.326 e. The number of rotatable bonds is 5. The van der Waals surface area contributed by atoms with Crippen molar-refractivity contribution in [3.05, 3.63) is 0 Å².